The fourth-order valence-corrected chi connectivity index (χ4v) is 2.11. The average Bonchev–Trinajstić information content (AvgIpc) is 2.39. The van der Waals surface area contributed by atoms with Gasteiger partial charge in [0.2, 0.25) is 5.91 Å². The molecule has 5 heteroatoms. The molecule has 108 valence electrons. The molecule has 1 fully saturated rings. The van der Waals surface area contributed by atoms with E-state index in [9.17, 15) is 4.79 Å². The van der Waals surface area contributed by atoms with Crippen molar-refractivity contribution in [2.75, 3.05) is 45.9 Å². The molecule has 1 saturated heterocycles. The van der Waals surface area contributed by atoms with Crippen LogP contribution in [0.3, 0.4) is 0 Å². The van der Waals surface area contributed by atoms with Gasteiger partial charge in [-0.3, -0.25) is 9.69 Å². The smallest absolute Gasteiger partial charge is 0.222 e. The lowest BCUT2D eigenvalue weighted by molar-refractivity contribution is -0.132. The summed E-state index contributed by atoms with van der Waals surface area (Å²) < 4.78 is 5.31. The van der Waals surface area contributed by atoms with Gasteiger partial charge in [-0.1, -0.05) is 13.8 Å². The van der Waals surface area contributed by atoms with E-state index in [2.05, 4.69) is 11.0 Å². The Morgan fingerprint density at radius 3 is 2.63 bits per heavy atom. The Morgan fingerprint density at radius 1 is 1.37 bits per heavy atom. The molecule has 1 rings (SSSR count). The Morgan fingerprint density at radius 2 is 2.05 bits per heavy atom. The standard InChI is InChI=1S/C14H25N3O2/c1-13(2)12-14(18)17(5-3-4-15)7-6-16-8-10-19-11-9-16/h13H,3,5-12H2,1-2H3. The fourth-order valence-electron chi connectivity index (χ4n) is 2.11. The van der Waals surface area contributed by atoms with Gasteiger partial charge in [0.1, 0.15) is 0 Å². The highest BCUT2D eigenvalue weighted by Gasteiger charge is 2.17. The maximum absolute atomic E-state index is 12.1. The molecule has 19 heavy (non-hydrogen) atoms. The number of morpholine rings is 1. The van der Waals surface area contributed by atoms with Crippen molar-refractivity contribution in [1.82, 2.24) is 9.80 Å². The molecule has 0 aromatic heterocycles. The number of carbonyl (C=O) groups excluding carboxylic acids is 1. The number of hydrogen-bond acceptors (Lipinski definition) is 4. The number of hydrogen-bond donors (Lipinski definition) is 0. The van der Waals surface area contributed by atoms with Crippen molar-refractivity contribution in [2.24, 2.45) is 5.92 Å². The molecule has 0 unspecified atom stereocenters. The largest absolute Gasteiger partial charge is 0.379 e. The van der Waals surface area contributed by atoms with Gasteiger partial charge in [0, 0.05) is 39.1 Å². The van der Waals surface area contributed by atoms with Crippen molar-refractivity contribution in [2.45, 2.75) is 26.7 Å². The Balaban J connectivity index is 2.39. The van der Waals surface area contributed by atoms with Crippen LogP contribution in [0, 0.1) is 17.2 Å². The minimum Gasteiger partial charge on any atom is -0.379 e. The van der Waals surface area contributed by atoms with Crippen molar-refractivity contribution in [1.29, 1.82) is 5.26 Å². The van der Waals surface area contributed by atoms with Gasteiger partial charge in [-0.15, -0.1) is 0 Å². The summed E-state index contributed by atoms with van der Waals surface area (Å²) in [5.74, 6) is 0.527. The Kier molecular flexibility index (Phi) is 7.46. The minimum atomic E-state index is 0.165. The highest BCUT2D eigenvalue weighted by Crippen LogP contribution is 2.06. The van der Waals surface area contributed by atoms with Crippen molar-refractivity contribution in [3.8, 4) is 6.07 Å². The van der Waals surface area contributed by atoms with E-state index < -0.39 is 0 Å². The summed E-state index contributed by atoms with van der Waals surface area (Å²) >= 11 is 0. The highest BCUT2D eigenvalue weighted by atomic mass is 16.5. The average molecular weight is 267 g/mol. The van der Waals surface area contributed by atoms with Crippen LogP contribution < -0.4 is 0 Å². The molecule has 1 amide bonds. The molecule has 0 aliphatic carbocycles. The lowest BCUT2D eigenvalue weighted by atomic mass is 10.1. The molecule has 1 aliphatic heterocycles. The van der Waals surface area contributed by atoms with E-state index in [1.807, 2.05) is 18.7 Å². The molecule has 0 N–H and O–H groups in total. The first-order valence-electron chi connectivity index (χ1n) is 7.08. The zero-order valence-corrected chi connectivity index (χ0v) is 12.1. The van der Waals surface area contributed by atoms with Crippen molar-refractivity contribution in [3.63, 3.8) is 0 Å². The second-order valence-corrected chi connectivity index (χ2v) is 5.34. The maximum atomic E-state index is 12.1. The van der Waals surface area contributed by atoms with E-state index in [0.717, 1.165) is 32.8 Å². The zero-order chi connectivity index (χ0) is 14.1. The molecule has 0 saturated carbocycles. The quantitative estimate of drug-likeness (QED) is 0.693. The summed E-state index contributed by atoms with van der Waals surface area (Å²) in [6.07, 6.45) is 0.974. The number of carbonyl (C=O) groups is 1. The van der Waals surface area contributed by atoms with Gasteiger partial charge in [0.15, 0.2) is 0 Å². The van der Waals surface area contributed by atoms with E-state index in [1.165, 1.54) is 0 Å². The van der Waals surface area contributed by atoms with Gasteiger partial charge in [-0.05, 0) is 5.92 Å². The van der Waals surface area contributed by atoms with Gasteiger partial charge < -0.3 is 9.64 Å². The van der Waals surface area contributed by atoms with E-state index in [4.69, 9.17) is 10.00 Å². The Labute approximate surface area is 116 Å². The normalized spacial score (nSPS) is 16.3. The van der Waals surface area contributed by atoms with Crippen molar-refractivity contribution in [3.05, 3.63) is 0 Å². The fraction of sp³-hybridized carbons (Fsp3) is 0.857. The second-order valence-electron chi connectivity index (χ2n) is 5.34. The maximum Gasteiger partial charge on any atom is 0.222 e. The lowest BCUT2D eigenvalue weighted by Crippen LogP contribution is -2.43. The summed E-state index contributed by atoms with van der Waals surface area (Å²) in [7, 11) is 0. The van der Waals surface area contributed by atoms with Crippen LogP contribution in [0.2, 0.25) is 0 Å². The number of nitriles is 1. The molecule has 1 aliphatic rings. The first-order chi connectivity index (χ1) is 9.13. The van der Waals surface area contributed by atoms with Gasteiger partial charge in [-0.2, -0.15) is 5.26 Å². The summed E-state index contributed by atoms with van der Waals surface area (Å²) in [6.45, 7) is 9.65. The molecule has 0 spiro atoms. The third-order valence-corrected chi connectivity index (χ3v) is 3.22. The van der Waals surface area contributed by atoms with Gasteiger partial charge >= 0.3 is 0 Å². The Bertz CT molecular complexity index is 306. The summed E-state index contributed by atoms with van der Waals surface area (Å²) in [5.41, 5.74) is 0. The molecule has 0 aromatic rings. The zero-order valence-electron chi connectivity index (χ0n) is 12.1. The van der Waals surface area contributed by atoms with Crippen LogP contribution in [0.4, 0.5) is 0 Å². The van der Waals surface area contributed by atoms with E-state index in [-0.39, 0.29) is 5.91 Å². The van der Waals surface area contributed by atoms with E-state index in [0.29, 0.717) is 31.8 Å². The SMILES string of the molecule is CC(C)CC(=O)N(CCC#N)CCN1CCOCC1. The van der Waals surface area contributed by atoms with Crippen molar-refractivity contribution < 1.29 is 9.53 Å². The number of nitrogens with zero attached hydrogens (tertiary/aromatic N) is 3. The van der Waals surface area contributed by atoms with Crippen LogP contribution in [-0.4, -0.2) is 61.6 Å². The van der Waals surface area contributed by atoms with Gasteiger partial charge in [0.25, 0.3) is 0 Å². The number of amides is 1. The predicted molar refractivity (Wildman–Crippen MR) is 73.5 cm³/mol. The van der Waals surface area contributed by atoms with Crippen LogP contribution in [0.1, 0.15) is 26.7 Å². The van der Waals surface area contributed by atoms with Crippen LogP contribution in [0.5, 0.6) is 0 Å². The number of rotatable bonds is 7. The summed E-state index contributed by atoms with van der Waals surface area (Å²) in [6, 6.07) is 2.12. The topological polar surface area (TPSA) is 56.6 Å². The Hall–Kier alpha value is -1.12. The summed E-state index contributed by atoms with van der Waals surface area (Å²) in [5, 5.41) is 8.68. The van der Waals surface area contributed by atoms with Crippen molar-refractivity contribution >= 4 is 5.91 Å². The van der Waals surface area contributed by atoms with E-state index in [1.54, 1.807) is 0 Å². The lowest BCUT2D eigenvalue weighted by Gasteiger charge is -2.30. The predicted octanol–water partition coefficient (Wildman–Crippen LogP) is 1.11. The molecule has 5 nitrogen and oxygen atoms in total. The molecule has 1 heterocycles. The third-order valence-electron chi connectivity index (χ3n) is 3.22. The number of ether oxygens (including phenoxy) is 1. The van der Waals surface area contributed by atoms with Crippen LogP contribution in [0.15, 0.2) is 0 Å². The van der Waals surface area contributed by atoms with Crippen LogP contribution in [0.25, 0.3) is 0 Å². The monoisotopic (exact) mass is 267 g/mol. The van der Waals surface area contributed by atoms with Gasteiger partial charge in [-0.25, -0.2) is 0 Å². The van der Waals surface area contributed by atoms with Crippen LogP contribution in [-0.2, 0) is 9.53 Å². The minimum absolute atomic E-state index is 0.165. The molecule has 0 bridgehead atoms. The molecular formula is C14H25N3O2. The molecular weight excluding hydrogens is 242 g/mol. The third kappa shape index (κ3) is 6.55. The molecule has 0 radical (unpaired) electrons. The first kappa shape index (κ1) is 15.9. The van der Waals surface area contributed by atoms with E-state index >= 15 is 0 Å². The van der Waals surface area contributed by atoms with Crippen LogP contribution >= 0.6 is 0 Å². The van der Waals surface area contributed by atoms with Gasteiger partial charge in [0.05, 0.1) is 25.7 Å². The first-order valence-corrected chi connectivity index (χ1v) is 7.08. The second kappa shape index (κ2) is 8.89. The molecule has 0 aromatic carbocycles. The molecule has 0 atom stereocenters. The highest BCUT2D eigenvalue weighted by molar-refractivity contribution is 5.76. The summed E-state index contributed by atoms with van der Waals surface area (Å²) in [4.78, 5) is 16.2.